The minimum Gasteiger partial charge on any atom is -0.508 e. The summed E-state index contributed by atoms with van der Waals surface area (Å²) in [4.78, 5) is 0. The molecule has 2 rings (SSSR count). The summed E-state index contributed by atoms with van der Waals surface area (Å²) in [6, 6.07) is 6.40. The molecular formula is C13H17NO2. The molecule has 1 aliphatic heterocycles. The summed E-state index contributed by atoms with van der Waals surface area (Å²) in [6.45, 7) is 8.26. The van der Waals surface area contributed by atoms with E-state index in [1.807, 2.05) is 0 Å². The van der Waals surface area contributed by atoms with E-state index in [1.165, 1.54) is 0 Å². The van der Waals surface area contributed by atoms with Gasteiger partial charge < -0.3 is 15.6 Å². The van der Waals surface area contributed by atoms with E-state index in [1.54, 1.807) is 24.3 Å². The normalized spacial score (nSPS) is 14.8. The Labute approximate surface area is 95.9 Å². The standard InChI is InChI=1S/C7H10O.C6H7NO/c1-6-4-3-5-8-7(6)2;7-5-1-3-6(8)4-2-5/h1-5H2;1-4,8H,7H2. The molecule has 3 nitrogen and oxygen atoms in total. The van der Waals surface area contributed by atoms with Crippen molar-refractivity contribution in [3.05, 3.63) is 48.8 Å². The maximum absolute atomic E-state index is 8.70. The van der Waals surface area contributed by atoms with Gasteiger partial charge in [-0.25, -0.2) is 0 Å². The zero-order valence-electron chi connectivity index (χ0n) is 9.28. The maximum atomic E-state index is 8.70. The number of nitrogen functional groups attached to an aromatic ring is 1. The number of ether oxygens (including phenoxy) is 1. The highest BCUT2D eigenvalue weighted by atomic mass is 16.5. The second kappa shape index (κ2) is 5.85. The van der Waals surface area contributed by atoms with Crippen LogP contribution in [0, 0.1) is 0 Å². The lowest BCUT2D eigenvalue weighted by Crippen LogP contribution is -2.03. The van der Waals surface area contributed by atoms with Crippen molar-refractivity contribution in [2.75, 3.05) is 12.3 Å². The lowest BCUT2D eigenvalue weighted by Gasteiger charge is -2.16. The fourth-order valence-corrected chi connectivity index (χ4v) is 1.20. The minimum absolute atomic E-state index is 0.249. The van der Waals surface area contributed by atoms with E-state index >= 15 is 0 Å². The first-order chi connectivity index (χ1) is 7.59. The monoisotopic (exact) mass is 219 g/mol. The third-order valence-electron chi connectivity index (χ3n) is 2.19. The predicted molar refractivity (Wildman–Crippen MR) is 66.0 cm³/mol. The van der Waals surface area contributed by atoms with Gasteiger partial charge in [-0.3, -0.25) is 0 Å². The SMILES string of the molecule is C=C1CCCOC1=C.Nc1ccc(O)cc1. The average molecular weight is 219 g/mol. The molecular weight excluding hydrogens is 202 g/mol. The summed E-state index contributed by atoms with van der Waals surface area (Å²) in [6.07, 6.45) is 2.15. The van der Waals surface area contributed by atoms with Crippen LogP contribution in [-0.2, 0) is 4.74 Å². The van der Waals surface area contributed by atoms with Crippen LogP contribution in [0.1, 0.15) is 12.8 Å². The van der Waals surface area contributed by atoms with Crippen LogP contribution in [-0.4, -0.2) is 11.7 Å². The van der Waals surface area contributed by atoms with Crippen molar-refractivity contribution in [1.29, 1.82) is 0 Å². The Morgan fingerprint density at radius 1 is 1.19 bits per heavy atom. The molecule has 0 saturated carbocycles. The number of aromatic hydroxyl groups is 1. The zero-order valence-corrected chi connectivity index (χ0v) is 9.28. The summed E-state index contributed by atoms with van der Waals surface area (Å²) in [5.41, 5.74) is 7.04. The van der Waals surface area contributed by atoms with Crippen molar-refractivity contribution in [3.63, 3.8) is 0 Å². The molecule has 0 unspecified atom stereocenters. The number of phenolic OH excluding ortho intramolecular Hbond substituents is 1. The summed E-state index contributed by atoms with van der Waals surface area (Å²) in [5.74, 6) is 1.02. The van der Waals surface area contributed by atoms with E-state index in [9.17, 15) is 0 Å². The molecule has 1 aromatic rings. The molecule has 1 aliphatic rings. The van der Waals surface area contributed by atoms with E-state index in [0.29, 0.717) is 5.69 Å². The Kier molecular flexibility index (Phi) is 4.45. The summed E-state index contributed by atoms with van der Waals surface area (Å²) in [5, 5.41) is 8.70. The highest BCUT2D eigenvalue weighted by Crippen LogP contribution is 2.18. The van der Waals surface area contributed by atoms with Crippen molar-refractivity contribution in [1.82, 2.24) is 0 Å². The van der Waals surface area contributed by atoms with Crippen LogP contribution in [0.25, 0.3) is 0 Å². The van der Waals surface area contributed by atoms with Crippen LogP contribution in [0.5, 0.6) is 5.75 Å². The molecule has 3 N–H and O–H groups in total. The Balaban J connectivity index is 0.000000160. The van der Waals surface area contributed by atoms with Crippen molar-refractivity contribution in [2.24, 2.45) is 0 Å². The Morgan fingerprint density at radius 3 is 2.19 bits per heavy atom. The third kappa shape index (κ3) is 4.09. The van der Waals surface area contributed by atoms with Gasteiger partial charge in [0.05, 0.1) is 6.61 Å². The number of anilines is 1. The largest absolute Gasteiger partial charge is 0.508 e. The third-order valence-corrected chi connectivity index (χ3v) is 2.19. The first-order valence-electron chi connectivity index (χ1n) is 5.14. The highest BCUT2D eigenvalue weighted by Gasteiger charge is 2.06. The molecule has 3 heteroatoms. The molecule has 0 amide bonds. The van der Waals surface area contributed by atoms with Gasteiger partial charge in [-0.1, -0.05) is 13.2 Å². The number of phenols is 1. The fourth-order valence-electron chi connectivity index (χ4n) is 1.20. The summed E-state index contributed by atoms with van der Waals surface area (Å²) < 4.78 is 5.10. The lowest BCUT2D eigenvalue weighted by atomic mass is 10.1. The van der Waals surface area contributed by atoms with Crippen molar-refractivity contribution in [3.8, 4) is 5.75 Å². The smallest absolute Gasteiger partial charge is 0.115 e. The van der Waals surface area contributed by atoms with Gasteiger partial charge in [0.25, 0.3) is 0 Å². The van der Waals surface area contributed by atoms with Gasteiger partial charge in [0.1, 0.15) is 11.5 Å². The number of benzene rings is 1. The van der Waals surface area contributed by atoms with Gasteiger partial charge in [-0.2, -0.15) is 0 Å². The van der Waals surface area contributed by atoms with E-state index < -0.39 is 0 Å². The molecule has 0 bridgehead atoms. The van der Waals surface area contributed by atoms with Crippen LogP contribution in [0.3, 0.4) is 0 Å². The molecule has 1 aromatic carbocycles. The zero-order chi connectivity index (χ0) is 12.0. The summed E-state index contributed by atoms with van der Waals surface area (Å²) >= 11 is 0. The molecule has 0 spiro atoms. The van der Waals surface area contributed by atoms with Crippen LogP contribution in [0.15, 0.2) is 48.8 Å². The topological polar surface area (TPSA) is 55.5 Å². The summed E-state index contributed by atoms with van der Waals surface area (Å²) in [7, 11) is 0. The molecule has 16 heavy (non-hydrogen) atoms. The number of rotatable bonds is 0. The van der Waals surface area contributed by atoms with E-state index in [2.05, 4.69) is 13.2 Å². The van der Waals surface area contributed by atoms with Crippen LogP contribution in [0.4, 0.5) is 5.69 Å². The van der Waals surface area contributed by atoms with E-state index in [0.717, 1.165) is 30.8 Å². The number of allylic oxidation sites excluding steroid dienone is 1. The number of nitrogens with two attached hydrogens (primary N) is 1. The van der Waals surface area contributed by atoms with Gasteiger partial charge in [-0.15, -0.1) is 0 Å². The van der Waals surface area contributed by atoms with Gasteiger partial charge in [-0.05, 0) is 42.7 Å². The molecule has 0 atom stereocenters. The van der Waals surface area contributed by atoms with Crippen LogP contribution >= 0.6 is 0 Å². The lowest BCUT2D eigenvalue weighted by molar-refractivity contribution is 0.196. The van der Waals surface area contributed by atoms with Gasteiger partial charge >= 0.3 is 0 Å². The first-order valence-corrected chi connectivity index (χ1v) is 5.14. The quantitative estimate of drug-likeness (QED) is 0.521. The molecule has 86 valence electrons. The maximum Gasteiger partial charge on any atom is 0.115 e. The fraction of sp³-hybridized carbons (Fsp3) is 0.231. The highest BCUT2D eigenvalue weighted by molar-refractivity contribution is 5.40. The van der Waals surface area contributed by atoms with Gasteiger partial charge in [0.2, 0.25) is 0 Å². The number of hydrogen-bond acceptors (Lipinski definition) is 3. The van der Waals surface area contributed by atoms with Crippen molar-refractivity contribution >= 4 is 5.69 Å². The molecule has 0 radical (unpaired) electrons. The van der Waals surface area contributed by atoms with Crippen LogP contribution < -0.4 is 5.73 Å². The molecule has 1 heterocycles. The molecule has 1 fully saturated rings. The Bertz CT molecular complexity index is 331. The second-order valence-electron chi connectivity index (χ2n) is 3.57. The molecule has 0 aromatic heterocycles. The predicted octanol–water partition coefficient (Wildman–Crippen LogP) is 2.84. The Hall–Kier alpha value is -1.90. The van der Waals surface area contributed by atoms with Gasteiger partial charge in [0, 0.05) is 5.69 Å². The van der Waals surface area contributed by atoms with Gasteiger partial charge in [0.15, 0.2) is 0 Å². The van der Waals surface area contributed by atoms with Crippen LogP contribution in [0.2, 0.25) is 0 Å². The van der Waals surface area contributed by atoms with Crippen molar-refractivity contribution < 1.29 is 9.84 Å². The van der Waals surface area contributed by atoms with E-state index in [-0.39, 0.29) is 5.75 Å². The van der Waals surface area contributed by atoms with E-state index in [4.69, 9.17) is 15.6 Å². The minimum atomic E-state index is 0.249. The average Bonchev–Trinajstić information content (AvgIpc) is 2.28. The second-order valence-corrected chi connectivity index (χ2v) is 3.57. The molecule has 1 saturated heterocycles. The number of hydrogen-bond donors (Lipinski definition) is 2. The Morgan fingerprint density at radius 2 is 1.81 bits per heavy atom. The molecule has 0 aliphatic carbocycles. The first kappa shape index (κ1) is 12.2. The van der Waals surface area contributed by atoms with Crippen molar-refractivity contribution in [2.45, 2.75) is 12.8 Å².